The van der Waals surface area contributed by atoms with Crippen LogP contribution in [0.1, 0.15) is 65.2 Å². The van der Waals surface area contributed by atoms with Gasteiger partial charge in [-0.05, 0) is 25.7 Å². The molecule has 150 valence electrons. The quantitative estimate of drug-likeness (QED) is 0.293. The summed E-state index contributed by atoms with van der Waals surface area (Å²) in [7, 11) is 0. The standard InChI is InChI=1S/C18H32FN3O4/c1-3-5-7-11-20-16(23)14-10-8-12-22(14)18(25)13(9-6-4-2)15(19)17(24)21-26/h13-15,26H,3-12H2,1-2H3,(H,20,23)(H,21,24)/t13-,14+,15+/m1/s1. The van der Waals surface area contributed by atoms with Crippen molar-refractivity contribution in [3.8, 4) is 0 Å². The van der Waals surface area contributed by atoms with Crippen LogP contribution in [-0.2, 0) is 14.4 Å². The van der Waals surface area contributed by atoms with E-state index in [9.17, 15) is 18.8 Å². The number of nitrogens with zero attached hydrogens (tertiary/aromatic N) is 1. The third-order valence-corrected chi connectivity index (χ3v) is 4.82. The number of unbranched alkanes of at least 4 members (excludes halogenated alkanes) is 3. The number of nitrogens with one attached hydrogen (secondary N) is 2. The SMILES string of the molecule is CCCCCNC(=O)[C@@H]1CCCN1C(=O)[C@H](CCCC)[C@H](F)C(=O)NO. The van der Waals surface area contributed by atoms with Crippen LogP contribution in [0.3, 0.4) is 0 Å². The van der Waals surface area contributed by atoms with Crippen LogP contribution >= 0.6 is 0 Å². The summed E-state index contributed by atoms with van der Waals surface area (Å²) in [4.78, 5) is 38.1. The minimum Gasteiger partial charge on any atom is -0.354 e. The predicted molar refractivity (Wildman–Crippen MR) is 95.1 cm³/mol. The Labute approximate surface area is 154 Å². The fraction of sp³-hybridized carbons (Fsp3) is 0.833. The molecule has 1 fully saturated rings. The monoisotopic (exact) mass is 373 g/mol. The van der Waals surface area contributed by atoms with E-state index < -0.39 is 29.9 Å². The van der Waals surface area contributed by atoms with Gasteiger partial charge in [0, 0.05) is 13.1 Å². The Morgan fingerprint density at radius 2 is 1.88 bits per heavy atom. The minimum atomic E-state index is -2.13. The molecule has 3 amide bonds. The molecule has 7 nitrogen and oxygen atoms in total. The number of hydrogen-bond acceptors (Lipinski definition) is 4. The lowest BCUT2D eigenvalue weighted by Crippen LogP contribution is -2.51. The molecule has 1 aliphatic rings. The zero-order valence-electron chi connectivity index (χ0n) is 15.8. The lowest BCUT2D eigenvalue weighted by molar-refractivity contribution is -0.149. The van der Waals surface area contributed by atoms with E-state index in [1.807, 2.05) is 6.92 Å². The van der Waals surface area contributed by atoms with Crippen molar-refractivity contribution in [2.45, 2.75) is 77.4 Å². The molecule has 0 aromatic heterocycles. The molecule has 3 atom stereocenters. The molecule has 0 bridgehead atoms. The van der Waals surface area contributed by atoms with Gasteiger partial charge in [0.2, 0.25) is 11.8 Å². The Morgan fingerprint density at radius 3 is 2.50 bits per heavy atom. The fourth-order valence-corrected chi connectivity index (χ4v) is 3.28. The van der Waals surface area contributed by atoms with E-state index in [0.29, 0.717) is 32.4 Å². The summed E-state index contributed by atoms with van der Waals surface area (Å²) in [5.74, 6) is -3.15. The van der Waals surface area contributed by atoms with Gasteiger partial charge in [0.25, 0.3) is 5.91 Å². The number of amides is 3. The zero-order chi connectivity index (χ0) is 19.5. The van der Waals surface area contributed by atoms with Crippen molar-refractivity contribution in [2.75, 3.05) is 13.1 Å². The molecule has 0 aliphatic carbocycles. The van der Waals surface area contributed by atoms with Crippen LogP contribution in [0.4, 0.5) is 4.39 Å². The molecule has 1 aliphatic heterocycles. The Kier molecular flexibility index (Phi) is 10.2. The van der Waals surface area contributed by atoms with Crippen LogP contribution in [0.2, 0.25) is 0 Å². The Balaban J connectivity index is 2.77. The van der Waals surface area contributed by atoms with Crippen molar-refractivity contribution in [1.29, 1.82) is 0 Å². The summed E-state index contributed by atoms with van der Waals surface area (Å²) in [6.45, 7) is 4.92. The van der Waals surface area contributed by atoms with E-state index in [0.717, 1.165) is 25.7 Å². The summed E-state index contributed by atoms with van der Waals surface area (Å²) in [6, 6.07) is -0.613. The highest BCUT2D eigenvalue weighted by Gasteiger charge is 2.41. The summed E-state index contributed by atoms with van der Waals surface area (Å²) in [5, 5.41) is 11.5. The van der Waals surface area contributed by atoms with Crippen molar-refractivity contribution in [2.24, 2.45) is 5.92 Å². The van der Waals surface area contributed by atoms with Crippen LogP contribution < -0.4 is 10.8 Å². The first-order valence-corrected chi connectivity index (χ1v) is 9.64. The third kappa shape index (κ3) is 6.23. The van der Waals surface area contributed by atoms with Crippen LogP contribution in [0.15, 0.2) is 0 Å². The van der Waals surface area contributed by atoms with Gasteiger partial charge in [0.15, 0.2) is 6.17 Å². The molecule has 0 spiro atoms. The minimum absolute atomic E-state index is 0.200. The van der Waals surface area contributed by atoms with Crippen molar-refractivity contribution in [1.82, 2.24) is 15.7 Å². The number of hydroxylamine groups is 1. The van der Waals surface area contributed by atoms with Crippen molar-refractivity contribution >= 4 is 17.7 Å². The average Bonchev–Trinajstić information content (AvgIpc) is 3.14. The number of halogens is 1. The molecule has 0 saturated carbocycles. The van der Waals surface area contributed by atoms with E-state index >= 15 is 0 Å². The molecule has 0 aromatic carbocycles. The molecule has 1 heterocycles. The van der Waals surface area contributed by atoms with Crippen molar-refractivity contribution < 1.29 is 24.0 Å². The summed E-state index contributed by atoms with van der Waals surface area (Å²) >= 11 is 0. The maximum atomic E-state index is 14.4. The Bertz CT molecular complexity index is 475. The van der Waals surface area contributed by atoms with E-state index in [-0.39, 0.29) is 12.3 Å². The van der Waals surface area contributed by atoms with Gasteiger partial charge in [-0.25, -0.2) is 9.87 Å². The smallest absolute Gasteiger partial charge is 0.278 e. The molecule has 26 heavy (non-hydrogen) atoms. The van der Waals surface area contributed by atoms with Crippen molar-refractivity contribution in [3.63, 3.8) is 0 Å². The second kappa shape index (κ2) is 11.8. The van der Waals surface area contributed by atoms with Gasteiger partial charge in [-0.3, -0.25) is 19.6 Å². The summed E-state index contributed by atoms with van der Waals surface area (Å²) in [6.07, 6.45) is 3.55. The van der Waals surface area contributed by atoms with Gasteiger partial charge in [0.1, 0.15) is 6.04 Å². The zero-order valence-corrected chi connectivity index (χ0v) is 15.8. The third-order valence-electron chi connectivity index (χ3n) is 4.82. The van der Waals surface area contributed by atoms with Gasteiger partial charge in [-0.1, -0.05) is 39.5 Å². The van der Waals surface area contributed by atoms with Gasteiger partial charge < -0.3 is 10.2 Å². The first kappa shape index (κ1) is 22.3. The fourth-order valence-electron chi connectivity index (χ4n) is 3.28. The van der Waals surface area contributed by atoms with E-state index in [1.54, 1.807) is 0 Å². The first-order valence-electron chi connectivity index (χ1n) is 9.64. The average molecular weight is 373 g/mol. The maximum absolute atomic E-state index is 14.4. The number of rotatable bonds is 11. The molecule has 3 N–H and O–H groups in total. The van der Waals surface area contributed by atoms with E-state index in [2.05, 4.69) is 12.2 Å². The van der Waals surface area contributed by atoms with Crippen LogP contribution in [0.25, 0.3) is 0 Å². The van der Waals surface area contributed by atoms with E-state index in [4.69, 9.17) is 5.21 Å². The summed E-state index contributed by atoms with van der Waals surface area (Å²) < 4.78 is 14.4. The lowest BCUT2D eigenvalue weighted by Gasteiger charge is -2.29. The van der Waals surface area contributed by atoms with Crippen LogP contribution in [-0.4, -0.2) is 53.1 Å². The number of carbonyl (C=O) groups excluding carboxylic acids is 3. The highest BCUT2D eigenvalue weighted by atomic mass is 19.1. The van der Waals surface area contributed by atoms with Gasteiger partial charge in [-0.15, -0.1) is 0 Å². The van der Waals surface area contributed by atoms with Gasteiger partial charge >= 0.3 is 0 Å². The molecular formula is C18H32FN3O4. The lowest BCUT2D eigenvalue weighted by atomic mass is 9.94. The van der Waals surface area contributed by atoms with Gasteiger partial charge in [-0.2, -0.15) is 0 Å². The molecule has 1 rings (SSSR count). The van der Waals surface area contributed by atoms with Crippen molar-refractivity contribution in [3.05, 3.63) is 0 Å². The first-order chi connectivity index (χ1) is 12.5. The Morgan fingerprint density at radius 1 is 1.19 bits per heavy atom. The van der Waals surface area contributed by atoms with Crippen LogP contribution in [0.5, 0.6) is 0 Å². The number of likely N-dealkylation sites (tertiary alicyclic amines) is 1. The largest absolute Gasteiger partial charge is 0.354 e. The topological polar surface area (TPSA) is 98.7 Å². The number of alkyl halides is 1. The predicted octanol–water partition coefficient (Wildman–Crippen LogP) is 1.93. The molecule has 0 radical (unpaired) electrons. The highest BCUT2D eigenvalue weighted by Crippen LogP contribution is 2.25. The molecule has 8 heteroatoms. The second-order valence-corrected chi connectivity index (χ2v) is 6.81. The normalized spacial score (nSPS) is 19.1. The van der Waals surface area contributed by atoms with Gasteiger partial charge in [0.05, 0.1) is 5.92 Å². The van der Waals surface area contributed by atoms with E-state index in [1.165, 1.54) is 10.4 Å². The van der Waals surface area contributed by atoms with Crippen LogP contribution in [0, 0.1) is 5.92 Å². The second-order valence-electron chi connectivity index (χ2n) is 6.81. The molecular weight excluding hydrogens is 341 g/mol. The number of hydrogen-bond donors (Lipinski definition) is 3. The summed E-state index contributed by atoms with van der Waals surface area (Å²) in [5.41, 5.74) is 1.28. The number of carbonyl (C=O) groups is 3. The molecule has 1 saturated heterocycles. The Hall–Kier alpha value is -1.70. The maximum Gasteiger partial charge on any atom is 0.278 e. The highest BCUT2D eigenvalue weighted by molar-refractivity contribution is 5.92. The molecule has 0 unspecified atom stereocenters. The molecule has 0 aromatic rings.